The molecule has 104 valence electrons. The maximum Gasteiger partial charge on any atom is 0.0768 e. The first-order valence-electron chi connectivity index (χ1n) is 7.12. The third kappa shape index (κ3) is 3.29. The second-order valence-electron chi connectivity index (χ2n) is 5.09. The molecule has 0 radical (unpaired) electrons. The largest absolute Gasteiger partial charge is 0.373 e. The van der Waals surface area contributed by atoms with Crippen molar-refractivity contribution >= 4 is 5.69 Å². The number of anilines is 1. The molecule has 0 spiro atoms. The summed E-state index contributed by atoms with van der Waals surface area (Å²) in [7, 11) is 0. The van der Waals surface area contributed by atoms with Crippen LogP contribution in [0.15, 0.2) is 79.0 Å². The van der Waals surface area contributed by atoms with E-state index in [-0.39, 0.29) is 6.04 Å². The summed E-state index contributed by atoms with van der Waals surface area (Å²) in [5.74, 6) is 0. The number of nitrogens with zero attached hydrogens (tertiary/aromatic N) is 1. The summed E-state index contributed by atoms with van der Waals surface area (Å²) in [6, 6.07) is 25.2. The quantitative estimate of drug-likeness (QED) is 0.752. The fraction of sp³-hybridized carbons (Fsp3) is 0.105. The van der Waals surface area contributed by atoms with E-state index >= 15 is 0 Å². The average Bonchev–Trinajstić information content (AvgIpc) is 2.56. The minimum absolute atomic E-state index is 0.122. The zero-order valence-electron chi connectivity index (χ0n) is 12.0. The van der Waals surface area contributed by atoms with Gasteiger partial charge < -0.3 is 5.32 Å². The van der Waals surface area contributed by atoms with E-state index in [0.29, 0.717) is 0 Å². The maximum atomic E-state index is 4.36. The third-order valence-electron chi connectivity index (χ3n) is 3.49. The molecule has 0 amide bonds. The Bertz CT molecular complexity index is 636. The zero-order valence-corrected chi connectivity index (χ0v) is 12.0. The van der Waals surface area contributed by atoms with Gasteiger partial charge in [0.05, 0.1) is 17.9 Å². The van der Waals surface area contributed by atoms with Crippen LogP contribution in [0, 0.1) is 6.92 Å². The molecule has 3 aromatic rings. The molecule has 0 aliphatic rings. The Morgan fingerprint density at radius 3 is 1.81 bits per heavy atom. The van der Waals surface area contributed by atoms with Crippen LogP contribution in [0.3, 0.4) is 0 Å². The molecule has 2 heteroatoms. The Hall–Kier alpha value is -2.61. The lowest BCUT2D eigenvalue weighted by Gasteiger charge is -2.21. The lowest BCUT2D eigenvalue weighted by Crippen LogP contribution is -2.12. The Morgan fingerprint density at radius 2 is 1.33 bits per heavy atom. The molecule has 2 nitrogen and oxygen atoms in total. The molecule has 0 saturated carbocycles. The molecule has 0 saturated heterocycles. The van der Waals surface area contributed by atoms with Gasteiger partial charge in [-0.1, -0.05) is 60.7 Å². The van der Waals surface area contributed by atoms with Crippen molar-refractivity contribution in [1.29, 1.82) is 0 Å². The van der Waals surface area contributed by atoms with Gasteiger partial charge in [0.25, 0.3) is 0 Å². The Kier molecular flexibility index (Phi) is 3.97. The third-order valence-corrected chi connectivity index (χ3v) is 3.49. The topological polar surface area (TPSA) is 24.9 Å². The highest BCUT2D eigenvalue weighted by molar-refractivity contribution is 5.48. The number of nitrogens with one attached hydrogen (secondary N) is 1. The zero-order chi connectivity index (χ0) is 14.5. The van der Waals surface area contributed by atoms with E-state index in [0.717, 1.165) is 11.4 Å². The van der Waals surface area contributed by atoms with Crippen LogP contribution in [0.2, 0.25) is 0 Å². The molecule has 0 aliphatic carbocycles. The van der Waals surface area contributed by atoms with Gasteiger partial charge in [0.2, 0.25) is 0 Å². The van der Waals surface area contributed by atoms with Crippen molar-refractivity contribution in [3.8, 4) is 0 Å². The van der Waals surface area contributed by atoms with Crippen LogP contribution in [0.4, 0.5) is 5.69 Å². The molecule has 1 N–H and O–H groups in total. The molecule has 0 bridgehead atoms. The van der Waals surface area contributed by atoms with Crippen LogP contribution in [0.1, 0.15) is 22.9 Å². The lowest BCUT2D eigenvalue weighted by molar-refractivity contribution is 0.935. The van der Waals surface area contributed by atoms with Gasteiger partial charge in [0.1, 0.15) is 0 Å². The van der Waals surface area contributed by atoms with Crippen LogP contribution >= 0.6 is 0 Å². The fourth-order valence-corrected chi connectivity index (χ4v) is 2.37. The molecular formula is C19H18N2. The van der Waals surface area contributed by atoms with Crippen LogP contribution in [-0.4, -0.2) is 4.98 Å². The molecule has 21 heavy (non-hydrogen) atoms. The summed E-state index contributed by atoms with van der Waals surface area (Å²) in [6.45, 7) is 2.00. The van der Waals surface area contributed by atoms with E-state index in [1.807, 2.05) is 31.3 Å². The molecule has 0 unspecified atom stereocenters. The second kappa shape index (κ2) is 6.23. The number of hydrogen-bond donors (Lipinski definition) is 1. The highest BCUT2D eigenvalue weighted by atomic mass is 14.9. The molecule has 3 rings (SSSR count). The van der Waals surface area contributed by atoms with Gasteiger partial charge in [-0.25, -0.2) is 0 Å². The van der Waals surface area contributed by atoms with Crippen molar-refractivity contribution in [3.05, 3.63) is 95.8 Å². The molecule has 1 heterocycles. The van der Waals surface area contributed by atoms with Gasteiger partial charge in [0, 0.05) is 5.69 Å². The highest BCUT2D eigenvalue weighted by Gasteiger charge is 2.13. The summed E-state index contributed by atoms with van der Waals surface area (Å²) < 4.78 is 0. The SMILES string of the molecule is Cc1ccc(NC(c2ccccc2)c2ccccc2)cn1. The molecule has 1 aromatic heterocycles. The van der Waals surface area contributed by atoms with Gasteiger partial charge in [-0.2, -0.15) is 0 Å². The standard InChI is InChI=1S/C19H18N2/c1-15-12-13-18(14-20-15)21-19(16-8-4-2-5-9-16)17-10-6-3-7-11-17/h2-14,19,21H,1H3. The summed E-state index contributed by atoms with van der Waals surface area (Å²) in [5, 5.41) is 3.58. The number of aromatic nitrogens is 1. The van der Waals surface area contributed by atoms with E-state index in [4.69, 9.17) is 0 Å². The van der Waals surface area contributed by atoms with E-state index < -0.39 is 0 Å². The van der Waals surface area contributed by atoms with Gasteiger partial charge in [-0.05, 0) is 30.2 Å². The first kappa shape index (κ1) is 13.4. The normalized spacial score (nSPS) is 10.6. The Labute approximate surface area is 125 Å². The minimum Gasteiger partial charge on any atom is -0.373 e. The van der Waals surface area contributed by atoms with Gasteiger partial charge in [-0.3, -0.25) is 4.98 Å². The molecule has 0 aliphatic heterocycles. The first-order chi connectivity index (χ1) is 10.3. The number of benzene rings is 2. The average molecular weight is 274 g/mol. The molecule has 2 aromatic carbocycles. The van der Waals surface area contributed by atoms with Crippen molar-refractivity contribution in [1.82, 2.24) is 4.98 Å². The number of rotatable bonds is 4. The van der Waals surface area contributed by atoms with Gasteiger partial charge in [0.15, 0.2) is 0 Å². The van der Waals surface area contributed by atoms with Crippen molar-refractivity contribution in [3.63, 3.8) is 0 Å². The summed E-state index contributed by atoms with van der Waals surface area (Å²) in [4.78, 5) is 4.36. The summed E-state index contributed by atoms with van der Waals surface area (Å²) in [5.41, 5.74) is 4.53. The second-order valence-corrected chi connectivity index (χ2v) is 5.09. The predicted octanol–water partition coefficient (Wildman–Crippen LogP) is 4.59. The first-order valence-corrected chi connectivity index (χ1v) is 7.12. The number of hydrogen-bond acceptors (Lipinski definition) is 2. The minimum atomic E-state index is 0.122. The summed E-state index contributed by atoms with van der Waals surface area (Å²) in [6.07, 6.45) is 1.88. The number of aryl methyl sites for hydroxylation is 1. The maximum absolute atomic E-state index is 4.36. The Morgan fingerprint density at radius 1 is 0.762 bits per heavy atom. The molecular weight excluding hydrogens is 256 g/mol. The van der Waals surface area contributed by atoms with Crippen LogP contribution in [0.5, 0.6) is 0 Å². The van der Waals surface area contributed by atoms with Gasteiger partial charge in [-0.15, -0.1) is 0 Å². The van der Waals surface area contributed by atoms with Crippen molar-refractivity contribution in [2.24, 2.45) is 0 Å². The highest BCUT2D eigenvalue weighted by Crippen LogP contribution is 2.26. The van der Waals surface area contributed by atoms with Crippen LogP contribution < -0.4 is 5.32 Å². The van der Waals surface area contributed by atoms with Crippen molar-refractivity contribution in [2.75, 3.05) is 5.32 Å². The van der Waals surface area contributed by atoms with E-state index in [1.54, 1.807) is 0 Å². The Balaban J connectivity index is 1.95. The monoisotopic (exact) mass is 274 g/mol. The molecule has 0 atom stereocenters. The van der Waals surface area contributed by atoms with Gasteiger partial charge >= 0.3 is 0 Å². The van der Waals surface area contributed by atoms with Crippen molar-refractivity contribution in [2.45, 2.75) is 13.0 Å². The van der Waals surface area contributed by atoms with E-state index in [2.05, 4.69) is 64.9 Å². The van der Waals surface area contributed by atoms with Crippen LogP contribution in [-0.2, 0) is 0 Å². The van der Waals surface area contributed by atoms with E-state index in [1.165, 1.54) is 11.1 Å². The van der Waals surface area contributed by atoms with E-state index in [9.17, 15) is 0 Å². The lowest BCUT2D eigenvalue weighted by atomic mass is 9.98. The smallest absolute Gasteiger partial charge is 0.0768 e. The van der Waals surface area contributed by atoms with Crippen LogP contribution in [0.25, 0.3) is 0 Å². The van der Waals surface area contributed by atoms with Crippen molar-refractivity contribution < 1.29 is 0 Å². The fourth-order valence-electron chi connectivity index (χ4n) is 2.37. The molecule has 0 fully saturated rings. The summed E-state index contributed by atoms with van der Waals surface area (Å²) >= 11 is 0. The number of pyridine rings is 1. The predicted molar refractivity (Wildman–Crippen MR) is 87.3 cm³/mol.